The van der Waals surface area contributed by atoms with Gasteiger partial charge in [-0.25, -0.2) is 4.98 Å². The van der Waals surface area contributed by atoms with Crippen LogP contribution in [0, 0.1) is 0 Å². The van der Waals surface area contributed by atoms with E-state index in [0.29, 0.717) is 0 Å². The normalized spacial score (nSPS) is 28.7. The molecule has 6 unspecified atom stereocenters. The van der Waals surface area contributed by atoms with E-state index in [9.17, 15) is 9.36 Å². The number of imidazole rings is 1. The fourth-order valence-electron chi connectivity index (χ4n) is 3.73. The zero-order valence-electron chi connectivity index (χ0n) is 15.3. The van der Waals surface area contributed by atoms with Crippen LogP contribution in [0.3, 0.4) is 0 Å². The minimum absolute atomic E-state index is 0.0632. The highest BCUT2D eigenvalue weighted by Crippen LogP contribution is 2.45. The number of H-pyrrole nitrogens is 1. The summed E-state index contributed by atoms with van der Waals surface area (Å²) < 4.78 is 35.6. The van der Waals surface area contributed by atoms with E-state index in [0.717, 1.165) is 5.56 Å². The van der Waals surface area contributed by atoms with Crippen LogP contribution in [0.1, 0.15) is 18.1 Å². The van der Waals surface area contributed by atoms with Crippen LogP contribution in [0.15, 0.2) is 41.5 Å². The van der Waals surface area contributed by atoms with E-state index in [4.69, 9.17) is 29.4 Å². The Bertz CT molecular complexity index is 1150. The molecule has 13 heteroatoms. The Morgan fingerprint density at radius 1 is 1.23 bits per heavy atom. The lowest BCUT2D eigenvalue weighted by molar-refractivity contribution is -0.152. The van der Waals surface area contributed by atoms with Gasteiger partial charge in [-0.15, -0.1) is 9.42 Å². The molecule has 4 heterocycles. The van der Waals surface area contributed by atoms with Gasteiger partial charge in [0.15, 0.2) is 23.7 Å². The number of aromatic nitrogens is 4. The number of anilines is 1. The van der Waals surface area contributed by atoms with Crippen molar-refractivity contribution >= 4 is 25.4 Å². The average molecular weight is 434 g/mol. The standard InChI is InChI=1S/C17H16N5O7P/c18-17-20-13-10(14(23)21-17)19-7-22(13)15-12-11(9(27-15)6-26-30(24)25)28-16(29-12)8-4-2-1-3-5-8/h1-5,7,9,11-12,15-16H,6H2,(H3-,18,20,21,23,24,25)/p+1. The molecule has 1 aromatic carbocycles. The molecule has 0 saturated carbocycles. The lowest BCUT2D eigenvalue weighted by Gasteiger charge is -2.20. The molecule has 4 N–H and O–H groups in total. The molecule has 30 heavy (non-hydrogen) atoms. The summed E-state index contributed by atoms with van der Waals surface area (Å²) in [5.41, 5.74) is 6.34. The predicted molar refractivity (Wildman–Crippen MR) is 101 cm³/mol. The number of aromatic amines is 1. The van der Waals surface area contributed by atoms with Crippen LogP contribution in [0.5, 0.6) is 0 Å². The van der Waals surface area contributed by atoms with Gasteiger partial charge in [0.05, 0.1) is 6.33 Å². The van der Waals surface area contributed by atoms with Gasteiger partial charge >= 0.3 is 8.25 Å². The molecule has 2 saturated heterocycles. The molecular weight excluding hydrogens is 417 g/mol. The van der Waals surface area contributed by atoms with Crippen LogP contribution < -0.4 is 11.3 Å². The molecule has 5 rings (SSSR count). The van der Waals surface area contributed by atoms with Crippen LogP contribution in [0.2, 0.25) is 0 Å². The second-order valence-corrected chi connectivity index (χ2v) is 7.55. The monoisotopic (exact) mass is 434 g/mol. The fourth-order valence-corrected chi connectivity index (χ4v) is 4.00. The molecule has 0 radical (unpaired) electrons. The van der Waals surface area contributed by atoms with Crippen LogP contribution >= 0.6 is 8.25 Å². The molecule has 0 bridgehead atoms. The van der Waals surface area contributed by atoms with Crippen molar-refractivity contribution < 1.29 is 28.2 Å². The molecule has 2 aliphatic rings. The number of hydrogen-bond donors (Lipinski definition) is 3. The van der Waals surface area contributed by atoms with Crippen LogP contribution in [-0.4, -0.2) is 49.3 Å². The highest BCUT2D eigenvalue weighted by atomic mass is 31.1. The Balaban J connectivity index is 1.51. The SMILES string of the molecule is Nc1nc2c(ncn2C2OC(CO[P+](=O)O)C3OC(c4ccccc4)OC32)c(=O)[nH]1. The van der Waals surface area contributed by atoms with Crippen LogP contribution in [0.25, 0.3) is 11.2 Å². The number of hydrogen-bond acceptors (Lipinski definition) is 9. The molecule has 12 nitrogen and oxygen atoms in total. The number of rotatable bonds is 5. The molecule has 2 aliphatic heterocycles. The molecule has 0 amide bonds. The summed E-state index contributed by atoms with van der Waals surface area (Å²) in [4.78, 5) is 31.8. The topological polar surface area (TPSA) is 164 Å². The average Bonchev–Trinajstić information content (AvgIpc) is 3.41. The Hall–Kier alpha value is -2.73. The smallest absolute Gasteiger partial charge is 0.369 e. The van der Waals surface area contributed by atoms with E-state index in [1.54, 1.807) is 0 Å². The number of nitrogens with two attached hydrogens (primary N) is 1. The maximum absolute atomic E-state index is 12.1. The van der Waals surface area contributed by atoms with Crippen molar-refractivity contribution in [1.29, 1.82) is 0 Å². The zero-order chi connectivity index (χ0) is 20.8. The largest absolute Gasteiger partial charge is 0.694 e. The minimum Gasteiger partial charge on any atom is -0.369 e. The number of nitrogens with one attached hydrogen (secondary N) is 1. The first-order valence-corrected chi connectivity index (χ1v) is 10.2. The Morgan fingerprint density at radius 3 is 2.77 bits per heavy atom. The van der Waals surface area contributed by atoms with Gasteiger partial charge in [-0.1, -0.05) is 30.3 Å². The lowest BCUT2D eigenvalue weighted by Crippen LogP contribution is -2.31. The van der Waals surface area contributed by atoms with E-state index in [1.165, 1.54) is 10.9 Å². The summed E-state index contributed by atoms with van der Waals surface area (Å²) in [6.07, 6.45) is -1.92. The first-order chi connectivity index (χ1) is 14.5. The summed E-state index contributed by atoms with van der Waals surface area (Å²) >= 11 is 0. The predicted octanol–water partition coefficient (Wildman–Crippen LogP) is 0.748. The molecule has 3 aromatic rings. The maximum Gasteiger partial charge on any atom is 0.694 e. The second kappa shape index (κ2) is 7.51. The minimum atomic E-state index is -2.81. The van der Waals surface area contributed by atoms with Crippen molar-refractivity contribution in [3.63, 3.8) is 0 Å². The van der Waals surface area contributed by atoms with Crippen molar-refractivity contribution in [2.45, 2.75) is 30.8 Å². The quantitative estimate of drug-likeness (QED) is 0.488. The van der Waals surface area contributed by atoms with Gasteiger partial charge in [-0.05, 0) is 0 Å². The van der Waals surface area contributed by atoms with Crippen molar-refractivity contribution in [3.05, 3.63) is 52.6 Å². The van der Waals surface area contributed by atoms with Gasteiger partial charge in [0, 0.05) is 10.1 Å². The van der Waals surface area contributed by atoms with Gasteiger partial charge in [-0.2, -0.15) is 4.98 Å². The lowest BCUT2D eigenvalue weighted by atomic mass is 10.1. The summed E-state index contributed by atoms with van der Waals surface area (Å²) in [7, 11) is -2.81. The van der Waals surface area contributed by atoms with Crippen LogP contribution in [0.4, 0.5) is 5.95 Å². The van der Waals surface area contributed by atoms with Gasteiger partial charge in [0.1, 0.15) is 24.9 Å². The molecule has 2 aromatic heterocycles. The Labute approximate surface area is 169 Å². The Morgan fingerprint density at radius 2 is 2.00 bits per heavy atom. The highest BCUT2D eigenvalue weighted by molar-refractivity contribution is 7.32. The maximum atomic E-state index is 12.1. The number of nitrogens with zero attached hydrogens (tertiary/aromatic N) is 3. The zero-order valence-corrected chi connectivity index (χ0v) is 16.2. The van der Waals surface area contributed by atoms with Gasteiger partial charge in [0.2, 0.25) is 5.95 Å². The number of fused-ring (bicyclic) bond motifs is 2. The van der Waals surface area contributed by atoms with Crippen molar-refractivity contribution in [3.8, 4) is 0 Å². The fraction of sp³-hybridized carbons (Fsp3) is 0.353. The third-order valence-electron chi connectivity index (χ3n) is 4.99. The van der Waals surface area contributed by atoms with Crippen molar-refractivity contribution in [2.75, 3.05) is 12.3 Å². The number of ether oxygens (including phenoxy) is 3. The van der Waals surface area contributed by atoms with Gasteiger partial charge in [0.25, 0.3) is 5.56 Å². The van der Waals surface area contributed by atoms with E-state index < -0.39 is 44.6 Å². The van der Waals surface area contributed by atoms with E-state index >= 15 is 0 Å². The molecular formula is C17H17N5O7P+. The molecule has 0 aliphatic carbocycles. The summed E-state index contributed by atoms with van der Waals surface area (Å²) in [5, 5.41) is 0. The van der Waals surface area contributed by atoms with Gasteiger partial charge in [-0.3, -0.25) is 14.3 Å². The second-order valence-electron chi connectivity index (χ2n) is 6.82. The number of benzene rings is 1. The molecule has 156 valence electrons. The Kier molecular flexibility index (Phi) is 4.82. The van der Waals surface area contributed by atoms with Crippen LogP contribution in [-0.2, 0) is 23.3 Å². The summed E-state index contributed by atoms with van der Waals surface area (Å²) in [6.45, 7) is -0.184. The molecule has 2 fully saturated rings. The van der Waals surface area contributed by atoms with E-state index in [-0.39, 0.29) is 23.7 Å². The third kappa shape index (κ3) is 3.29. The van der Waals surface area contributed by atoms with Gasteiger partial charge < -0.3 is 19.9 Å². The first-order valence-electron chi connectivity index (χ1n) is 9.04. The van der Waals surface area contributed by atoms with Crippen molar-refractivity contribution in [2.24, 2.45) is 0 Å². The summed E-state index contributed by atoms with van der Waals surface area (Å²) in [5.74, 6) is -0.0632. The van der Waals surface area contributed by atoms with Crippen molar-refractivity contribution in [1.82, 2.24) is 19.5 Å². The third-order valence-corrected chi connectivity index (χ3v) is 5.36. The highest BCUT2D eigenvalue weighted by Gasteiger charge is 2.54. The summed E-state index contributed by atoms with van der Waals surface area (Å²) in [6, 6.07) is 9.34. The molecule has 0 spiro atoms. The van der Waals surface area contributed by atoms with E-state index in [2.05, 4.69) is 15.0 Å². The van der Waals surface area contributed by atoms with E-state index in [1.807, 2.05) is 30.3 Å². The first kappa shape index (κ1) is 19.2. The number of nitrogen functional groups attached to an aromatic ring is 1. The molecule has 6 atom stereocenters.